The van der Waals surface area contributed by atoms with E-state index in [9.17, 15) is 4.79 Å². The van der Waals surface area contributed by atoms with Crippen LogP contribution in [0, 0.1) is 6.92 Å². The molecule has 3 heteroatoms. The van der Waals surface area contributed by atoms with Gasteiger partial charge in [0.1, 0.15) is 0 Å². The summed E-state index contributed by atoms with van der Waals surface area (Å²) in [5.74, 6) is 0.541. The van der Waals surface area contributed by atoms with Gasteiger partial charge in [-0.1, -0.05) is 18.2 Å². The number of hydrogen-bond donors (Lipinski definition) is 2. The van der Waals surface area contributed by atoms with Crippen LogP contribution >= 0.6 is 0 Å². The second-order valence-corrected chi connectivity index (χ2v) is 4.43. The van der Waals surface area contributed by atoms with Crippen LogP contribution in [-0.4, -0.2) is 12.5 Å². The molecule has 0 aromatic heterocycles. The van der Waals surface area contributed by atoms with E-state index in [0.29, 0.717) is 18.9 Å². The van der Waals surface area contributed by atoms with Gasteiger partial charge in [-0.25, -0.2) is 0 Å². The predicted molar refractivity (Wildman–Crippen MR) is 64.1 cm³/mol. The summed E-state index contributed by atoms with van der Waals surface area (Å²) in [5, 5.41) is 2.86. The summed E-state index contributed by atoms with van der Waals surface area (Å²) in [6.07, 6.45) is 1.65. The number of nitrogens with two attached hydrogens (primary N) is 1. The van der Waals surface area contributed by atoms with Crippen molar-refractivity contribution in [2.45, 2.75) is 32.2 Å². The molecule has 2 rings (SSSR count). The Hall–Kier alpha value is -1.35. The quantitative estimate of drug-likeness (QED) is 0.789. The SMILES string of the molecule is Cc1cc(CN)ccc1C1CCNC(=O)C1. The van der Waals surface area contributed by atoms with Crippen molar-refractivity contribution in [3.05, 3.63) is 34.9 Å². The maximum absolute atomic E-state index is 11.4. The van der Waals surface area contributed by atoms with E-state index < -0.39 is 0 Å². The zero-order chi connectivity index (χ0) is 11.5. The zero-order valence-electron chi connectivity index (χ0n) is 9.62. The second-order valence-electron chi connectivity index (χ2n) is 4.43. The number of rotatable bonds is 2. The topological polar surface area (TPSA) is 55.1 Å². The van der Waals surface area contributed by atoms with Gasteiger partial charge >= 0.3 is 0 Å². The number of carbonyl (C=O) groups is 1. The molecule has 0 aliphatic carbocycles. The Morgan fingerprint density at radius 1 is 1.50 bits per heavy atom. The molecule has 1 aliphatic rings. The van der Waals surface area contributed by atoms with E-state index in [2.05, 4.69) is 30.4 Å². The van der Waals surface area contributed by atoms with E-state index in [4.69, 9.17) is 5.73 Å². The van der Waals surface area contributed by atoms with Crippen molar-refractivity contribution in [1.29, 1.82) is 0 Å². The highest BCUT2D eigenvalue weighted by atomic mass is 16.1. The van der Waals surface area contributed by atoms with Gasteiger partial charge in [0.25, 0.3) is 0 Å². The Morgan fingerprint density at radius 2 is 2.31 bits per heavy atom. The van der Waals surface area contributed by atoms with Crippen LogP contribution in [0.4, 0.5) is 0 Å². The molecule has 16 heavy (non-hydrogen) atoms. The summed E-state index contributed by atoms with van der Waals surface area (Å²) in [6.45, 7) is 3.47. The average Bonchev–Trinajstić information content (AvgIpc) is 2.28. The van der Waals surface area contributed by atoms with Gasteiger partial charge in [-0.3, -0.25) is 4.79 Å². The van der Waals surface area contributed by atoms with Crippen LogP contribution in [-0.2, 0) is 11.3 Å². The number of amides is 1. The first-order chi connectivity index (χ1) is 7.70. The third-order valence-corrected chi connectivity index (χ3v) is 3.26. The Labute approximate surface area is 96.0 Å². The number of aryl methyl sites for hydroxylation is 1. The number of nitrogens with one attached hydrogen (secondary N) is 1. The van der Waals surface area contributed by atoms with Crippen LogP contribution in [0.5, 0.6) is 0 Å². The van der Waals surface area contributed by atoms with Crippen LogP contribution < -0.4 is 11.1 Å². The van der Waals surface area contributed by atoms with Gasteiger partial charge in [0.05, 0.1) is 0 Å². The summed E-state index contributed by atoms with van der Waals surface area (Å²) in [4.78, 5) is 11.4. The largest absolute Gasteiger partial charge is 0.356 e. The van der Waals surface area contributed by atoms with Gasteiger partial charge in [0.2, 0.25) is 5.91 Å². The molecule has 3 nitrogen and oxygen atoms in total. The molecule has 1 unspecified atom stereocenters. The second kappa shape index (κ2) is 4.66. The van der Waals surface area contributed by atoms with Crippen molar-refractivity contribution in [2.75, 3.05) is 6.54 Å². The van der Waals surface area contributed by atoms with Gasteiger partial charge in [0.15, 0.2) is 0 Å². The molecule has 0 saturated carbocycles. The first-order valence-electron chi connectivity index (χ1n) is 5.77. The Kier molecular flexibility index (Phi) is 3.25. The van der Waals surface area contributed by atoms with Gasteiger partial charge in [0, 0.05) is 19.5 Å². The third kappa shape index (κ3) is 2.25. The highest BCUT2D eigenvalue weighted by molar-refractivity contribution is 5.77. The maximum atomic E-state index is 11.4. The van der Waals surface area contributed by atoms with Crippen molar-refractivity contribution in [3.8, 4) is 0 Å². The standard InChI is InChI=1S/C13H18N2O/c1-9-6-10(8-14)2-3-12(9)11-4-5-15-13(16)7-11/h2-3,6,11H,4-5,7-8,14H2,1H3,(H,15,16). The fourth-order valence-corrected chi connectivity index (χ4v) is 2.37. The Bertz CT molecular complexity index is 401. The molecule has 1 atom stereocenters. The normalized spacial score (nSPS) is 20.6. The maximum Gasteiger partial charge on any atom is 0.220 e. The summed E-state index contributed by atoms with van der Waals surface area (Å²) >= 11 is 0. The lowest BCUT2D eigenvalue weighted by atomic mass is 9.86. The van der Waals surface area contributed by atoms with Gasteiger partial charge in [-0.15, -0.1) is 0 Å². The molecular formula is C13H18N2O. The lowest BCUT2D eigenvalue weighted by molar-refractivity contribution is -0.122. The van der Waals surface area contributed by atoms with E-state index in [0.717, 1.165) is 18.5 Å². The minimum atomic E-state index is 0.165. The van der Waals surface area contributed by atoms with Crippen molar-refractivity contribution in [3.63, 3.8) is 0 Å². The number of hydrogen-bond acceptors (Lipinski definition) is 2. The molecule has 1 saturated heterocycles. The van der Waals surface area contributed by atoms with Crippen LogP contribution in [0.2, 0.25) is 0 Å². The molecule has 0 bridgehead atoms. The molecule has 1 heterocycles. The highest BCUT2D eigenvalue weighted by Gasteiger charge is 2.21. The van der Waals surface area contributed by atoms with Crippen molar-refractivity contribution < 1.29 is 4.79 Å². The van der Waals surface area contributed by atoms with Crippen LogP contribution in [0.3, 0.4) is 0 Å². The molecule has 0 radical (unpaired) electrons. The molecule has 1 fully saturated rings. The minimum Gasteiger partial charge on any atom is -0.356 e. The Balaban J connectivity index is 2.22. The number of benzene rings is 1. The van der Waals surface area contributed by atoms with Gasteiger partial charge in [-0.05, 0) is 36.0 Å². The molecule has 86 valence electrons. The molecule has 1 aromatic rings. The van der Waals surface area contributed by atoms with Gasteiger partial charge in [-0.2, -0.15) is 0 Å². The number of carbonyl (C=O) groups excluding carboxylic acids is 1. The van der Waals surface area contributed by atoms with E-state index in [-0.39, 0.29) is 5.91 Å². The van der Waals surface area contributed by atoms with Crippen molar-refractivity contribution in [1.82, 2.24) is 5.32 Å². The van der Waals surface area contributed by atoms with E-state index in [1.807, 2.05) is 0 Å². The van der Waals surface area contributed by atoms with Crippen molar-refractivity contribution in [2.24, 2.45) is 5.73 Å². The highest BCUT2D eigenvalue weighted by Crippen LogP contribution is 2.28. The van der Waals surface area contributed by atoms with E-state index in [1.165, 1.54) is 11.1 Å². The molecule has 0 spiro atoms. The Morgan fingerprint density at radius 3 is 2.94 bits per heavy atom. The van der Waals surface area contributed by atoms with E-state index in [1.54, 1.807) is 0 Å². The fraction of sp³-hybridized carbons (Fsp3) is 0.462. The summed E-state index contributed by atoms with van der Waals surface area (Å²) in [7, 11) is 0. The summed E-state index contributed by atoms with van der Waals surface area (Å²) < 4.78 is 0. The first-order valence-corrected chi connectivity index (χ1v) is 5.77. The molecular weight excluding hydrogens is 200 g/mol. The fourth-order valence-electron chi connectivity index (χ4n) is 2.37. The van der Waals surface area contributed by atoms with Crippen LogP contribution in [0.1, 0.15) is 35.4 Å². The van der Waals surface area contributed by atoms with Crippen LogP contribution in [0.15, 0.2) is 18.2 Å². The average molecular weight is 218 g/mol. The smallest absolute Gasteiger partial charge is 0.220 e. The molecule has 1 aliphatic heterocycles. The molecule has 1 aromatic carbocycles. The lowest BCUT2D eigenvalue weighted by Gasteiger charge is -2.24. The van der Waals surface area contributed by atoms with Gasteiger partial charge < -0.3 is 11.1 Å². The molecule has 3 N–H and O–H groups in total. The first kappa shape index (κ1) is 11.1. The monoisotopic (exact) mass is 218 g/mol. The summed E-state index contributed by atoms with van der Waals surface area (Å²) in [5.41, 5.74) is 9.31. The minimum absolute atomic E-state index is 0.165. The lowest BCUT2D eigenvalue weighted by Crippen LogP contribution is -2.32. The van der Waals surface area contributed by atoms with Crippen LogP contribution in [0.25, 0.3) is 0 Å². The van der Waals surface area contributed by atoms with E-state index >= 15 is 0 Å². The third-order valence-electron chi connectivity index (χ3n) is 3.26. The summed E-state index contributed by atoms with van der Waals surface area (Å²) in [6, 6.07) is 6.32. The predicted octanol–water partition coefficient (Wildman–Crippen LogP) is 1.45. The molecule has 1 amide bonds. The van der Waals surface area contributed by atoms with Crippen molar-refractivity contribution >= 4 is 5.91 Å². The number of piperidine rings is 1. The zero-order valence-corrected chi connectivity index (χ0v) is 9.62.